The maximum absolute atomic E-state index is 12.4. The number of nitrogens with zero attached hydrogens (tertiary/aromatic N) is 5. The van der Waals surface area contributed by atoms with E-state index in [0.717, 1.165) is 80.4 Å². The Morgan fingerprint density at radius 3 is 2.47 bits per heavy atom. The van der Waals surface area contributed by atoms with Gasteiger partial charge in [0.05, 0.1) is 24.5 Å². The average molecular weight is 541 g/mol. The van der Waals surface area contributed by atoms with Gasteiger partial charge in [0.1, 0.15) is 11.5 Å². The van der Waals surface area contributed by atoms with Crippen LogP contribution in [0.1, 0.15) is 73.7 Å². The highest BCUT2D eigenvalue weighted by Crippen LogP contribution is 2.32. The number of carbonyl (C=O) groups is 1. The molecule has 3 fully saturated rings. The molecule has 38 heavy (non-hydrogen) atoms. The number of benzene rings is 1. The molecule has 0 radical (unpaired) electrons. The number of aryl methyl sites for hydroxylation is 1. The molecule has 8 nitrogen and oxygen atoms in total. The predicted molar refractivity (Wildman–Crippen MR) is 151 cm³/mol. The van der Waals surface area contributed by atoms with E-state index >= 15 is 0 Å². The molecule has 5 rings (SSSR count). The first kappa shape index (κ1) is 27.3. The molecule has 1 aromatic heterocycles. The van der Waals surface area contributed by atoms with Crippen LogP contribution in [0, 0.1) is 6.92 Å². The van der Waals surface area contributed by atoms with Crippen LogP contribution in [-0.4, -0.2) is 87.7 Å². The quantitative estimate of drug-likeness (QED) is 0.526. The zero-order valence-electron chi connectivity index (χ0n) is 22.8. The van der Waals surface area contributed by atoms with Crippen LogP contribution in [0.15, 0.2) is 30.5 Å². The number of nitrogens with one attached hydrogen (secondary N) is 1. The lowest BCUT2D eigenvalue weighted by Crippen LogP contribution is -2.62. The predicted octanol–water partition coefficient (Wildman–Crippen LogP) is 3.82. The first-order valence-electron chi connectivity index (χ1n) is 14.1. The van der Waals surface area contributed by atoms with Crippen molar-refractivity contribution in [1.82, 2.24) is 25.1 Å². The topological polar surface area (TPSA) is 84.8 Å². The number of likely N-dealkylation sites (tertiary alicyclic amines) is 1. The lowest BCUT2D eigenvalue weighted by Gasteiger charge is -2.51. The van der Waals surface area contributed by atoms with Gasteiger partial charge >= 0.3 is 0 Å². The van der Waals surface area contributed by atoms with E-state index in [1.807, 2.05) is 31.2 Å². The van der Waals surface area contributed by atoms with E-state index in [-0.39, 0.29) is 18.6 Å². The van der Waals surface area contributed by atoms with Gasteiger partial charge in [0.2, 0.25) is 0 Å². The van der Waals surface area contributed by atoms with Crippen molar-refractivity contribution in [3.63, 3.8) is 0 Å². The van der Waals surface area contributed by atoms with E-state index in [9.17, 15) is 9.90 Å². The second-order valence-electron chi connectivity index (χ2n) is 11.2. The molecule has 206 valence electrons. The molecule has 3 atom stereocenters. The summed E-state index contributed by atoms with van der Waals surface area (Å²) >= 11 is 6.08. The van der Waals surface area contributed by atoms with Crippen molar-refractivity contribution in [2.45, 2.75) is 83.1 Å². The summed E-state index contributed by atoms with van der Waals surface area (Å²) in [7, 11) is 0. The third-order valence-electron chi connectivity index (χ3n) is 8.53. The first-order valence-corrected chi connectivity index (χ1v) is 14.5. The number of rotatable bonds is 8. The van der Waals surface area contributed by atoms with Crippen molar-refractivity contribution in [2.24, 2.45) is 0 Å². The van der Waals surface area contributed by atoms with Gasteiger partial charge in [-0.15, -0.1) is 0 Å². The highest BCUT2D eigenvalue weighted by atomic mass is 35.5. The van der Waals surface area contributed by atoms with Crippen LogP contribution in [0.25, 0.3) is 0 Å². The Morgan fingerprint density at radius 2 is 1.87 bits per heavy atom. The molecule has 9 heteroatoms. The molecule has 2 aliphatic heterocycles. The van der Waals surface area contributed by atoms with Gasteiger partial charge in [-0.1, -0.05) is 30.7 Å². The Balaban J connectivity index is 1.22. The van der Waals surface area contributed by atoms with Crippen molar-refractivity contribution < 1.29 is 9.90 Å². The number of amides is 1. The Kier molecular flexibility index (Phi) is 8.53. The number of aliphatic hydroxyl groups is 1. The Hall–Kier alpha value is -2.26. The minimum Gasteiger partial charge on any atom is -0.394 e. The Morgan fingerprint density at radius 1 is 1.16 bits per heavy atom. The van der Waals surface area contributed by atoms with Crippen LogP contribution >= 0.6 is 11.6 Å². The number of hydrogen-bond donors (Lipinski definition) is 2. The molecule has 0 unspecified atom stereocenters. The monoisotopic (exact) mass is 540 g/mol. The molecule has 1 saturated carbocycles. The van der Waals surface area contributed by atoms with Crippen molar-refractivity contribution >= 4 is 23.3 Å². The summed E-state index contributed by atoms with van der Waals surface area (Å²) in [6.07, 6.45) is 7.00. The fraction of sp³-hybridized carbons (Fsp3) is 0.621. The van der Waals surface area contributed by atoms with Crippen LogP contribution in [0.4, 0.5) is 5.82 Å². The summed E-state index contributed by atoms with van der Waals surface area (Å²) in [6, 6.07) is 9.46. The van der Waals surface area contributed by atoms with E-state index in [1.165, 1.54) is 0 Å². The summed E-state index contributed by atoms with van der Waals surface area (Å²) in [6.45, 7) is 10.4. The summed E-state index contributed by atoms with van der Waals surface area (Å²) in [5, 5.41) is 13.9. The van der Waals surface area contributed by atoms with Crippen LogP contribution in [0.3, 0.4) is 0 Å². The highest BCUT2D eigenvalue weighted by molar-refractivity contribution is 6.30. The first-order chi connectivity index (χ1) is 18.4. The normalized spacial score (nSPS) is 24.4. The van der Waals surface area contributed by atoms with Crippen molar-refractivity contribution in [1.29, 1.82) is 0 Å². The molecule has 0 spiro atoms. The van der Waals surface area contributed by atoms with Crippen molar-refractivity contribution in [3.05, 3.63) is 52.4 Å². The number of anilines is 1. The van der Waals surface area contributed by atoms with Gasteiger partial charge < -0.3 is 15.3 Å². The molecule has 2 aromatic rings. The highest BCUT2D eigenvalue weighted by Gasteiger charge is 2.38. The molecule has 2 N–H and O–H groups in total. The average Bonchev–Trinajstić information content (AvgIpc) is 3.74. The zero-order valence-corrected chi connectivity index (χ0v) is 23.6. The van der Waals surface area contributed by atoms with Gasteiger partial charge in [0.25, 0.3) is 5.91 Å². The standard InChI is InChI=1S/C29H41ClN6O2/c1-4-24-17-35(28-20(3)32-26(15-31-28)29(38)33-23-9-10-23)19(2)16-36(24)25-11-13-34(14-12-25)27(18-37)21-5-7-22(30)8-6-21/h5-8,15,19,23-25,27,37H,4,9-14,16-18H2,1-3H3,(H,33,38)/t19-,24+,27-/m1/s1. The fourth-order valence-corrected chi connectivity index (χ4v) is 6.30. The number of piperazine rings is 1. The van der Waals surface area contributed by atoms with Crippen molar-refractivity contribution in [3.8, 4) is 0 Å². The molecular formula is C29H41ClN6O2. The number of carbonyl (C=O) groups excluding carboxylic acids is 1. The molecule has 0 bridgehead atoms. The number of hydrogen-bond acceptors (Lipinski definition) is 7. The zero-order chi connectivity index (χ0) is 26.8. The summed E-state index contributed by atoms with van der Waals surface area (Å²) < 4.78 is 0. The van der Waals surface area contributed by atoms with E-state index < -0.39 is 0 Å². The van der Waals surface area contributed by atoms with E-state index in [0.29, 0.717) is 29.9 Å². The lowest BCUT2D eigenvalue weighted by atomic mass is 9.94. The van der Waals surface area contributed by atoms with Gasteiger partial charge in [-0.3, -0.25) is 14.6 Å². The van der Waals surface area contributed by atoms with Crippen LogP contribution < -0.4 is 10.2 Å². The summed E-state index contributed by atoms with van der Waals surface area (Å²) in [5.41, 5.74) is 2.34. The molecule has 2 saturated heterocycles. The second kappa shape index (κ2) is 11.9. The maximum atomic E-state index is 12.4. The molecule has 1 aromatic carbocycles. The second-order valence-corrected chi connectivity index (χ2v) is 11.6. The fourth-order valence-electron chi connectivity index (χ4n) is 6.17. The number of halogens is 1. The smallest absolute Gasteiger partial charge is 0.271 e. The summed E-state index contributed by atoms with van der Waals surface area (Å²) in [5.74, 6) is 0.770. The van der Waals surface area contributed by atoms with Crippen LogP contribution in [0.5, 0.6) is 0 Å². The largest absolute Gasteiger partial charge is 0.394 e. The van der Waals surface area contributed by atoms with E-state index in [4.69, 9.17) is 16.6 Å². The molecule has 3 heterocycles. The number of aliphatic hydroxyl groups excluding tert-OH is 1. The molecule has 1 amide bonds. The van der Waals surface area contributed by atoms with Gasteiger partial charge in [-0.2, -0.15) is 0 Å². The SMILES string of the molecule is CC[C@H]1CN(c2ncc(C(=O)NC3CC3)nc2C)[C@H](C)CN1C1CCN([C@H](CO)c2ccc(Cl)cc2)CC1. The van der Waals surface area contributed by atoms with Crippen LogP contribution in [0.2, 0.25) is 5.02 Å². The van der Waals surface area contributed by atoms with Gasteiger partial charge in [0, 0.05) is 55.4 Å². The third-order valence-corrected chi connectivity index (χ3v) is 8.78. The Bertz CT molecular complexity index is 1100. The molecular weight excluding hydrogens is 500 g/mol. The van der Waals surface area contributed by atoms with Gasteiger partial charge in [0.15, 0.2) is 0 Å². The minimum atomic E-state index is -0.121. The molecule has 1 aliphatic carbocycles. The minimum absolute atomic E-state index is 0.0156. The third kappa shape index (κ3) is 5.98. The van der Waals surface area contributed by atoms with Crippen molar-refractivity contribution in [2.75, 3.05) is 37.7 Å². The van der Waals surface area contributed by atoms with E-state index in [2.05, 4.69) is 38.8 Å². The van der Waals surface area contributed by atoms with Gasteiger partial charge in [-0.05, 0) is 63.6 Å². The number of piperidine rings is 1. The van der Waals surface area contributed by atoms with Gasteiger partial charge in [-0.25, -0.2) is 9.97 Å². The maximum Gasteiger partial charge on any atom is 0.271 e. The Labute approximate surface area is 231 Å². The summed E-state index contributed by atoms with van der Waals surface area (Å²) in [4.78, 5) is 29.3. The molecule has 3 aliphatic rings. The van der Waals surface area contributed by atoms with Crippen LogP contribution in [-0.2, 0) is 0 Å². The lowest BCUT2D eigenvalue weighted by molar-refractivity contribution is 0.0289. The number of aromatic nitrogens is 2. The van der Waals surface area contributed by atoms with E-state index in [1.54, 1.807) is 6.20 Å².